The zero-order valence-electron chi connectivity index (χ0n) is 46.6. The summed E-state index contributed by atoms with van der Waals surface area (Å²) in [6.07, 6.45) is 0.953. The van der Waals surface area contributed by atoms with Crippen LogP contribution in [0.2, 0.25) is 0 Å². The van der Waals surface area contributed by atoms with Gasteiger partial charge in [0.25, 0.3) is 0 Å². The summed E-state index contributed by atoms with van der Waals surface area (Å²) in [6.45, 7) is 18.8. The first-order chi connectivity index (χ1) is 37.3. The van der Waals surface area contributed by atoms with Gasteiger partial charge in [0.05, 0.1) is 14.2 Å². The quantitative estimate of drug-likeness (QED) is 0.0960. The average molecular weight is 1030 g/mol. The van der Waals surface area contributed by atoms with Crippen molar-refractivity contribution in [2.24, 2.45) is 0 Å². The molecule has 3 nitrogen and oxygen atoms in total. The number of ketones is 1. The summed E-state index contributed by atoms with van der Waals surface area (Å²) in [5.74, 6) is 2.80. The Morgan fingerprint density at radius 1 is 0.364 bits per heavy atom. The van der Waals surface area contributed by atoms with E-state index in [1.54, 1.807) is 14.2 Å². The molecule has 0 aliphatic carbocycles. The Morgan fingerprint density at radius 3 is 1.01 bits per heavy atom. The molecule has 0 bridgehead atoms. The Hall–Kier alpha value is -7.32. The number of para-hydroxylation sites is 2. The maximum Gasteiger partial charge on any atom is 0.134 e. The lowest BCUT2D eigenvalue weighted by atomic mass is 9.79. The summed E-state index contributed by atoms with van der Waals surface area (Å²) in [5, 5.41) is 1.38. The van der Waals surface area contributed by atoms with Crippen molar-refractivity contribution >= 4 is 19.0 Å². The Kier molecular flexibility index (Phi) is 15.9. The minimum absolute atomic E-state index is 0.0644. The fraction of sp³-hybridized carbons (Fsp3) is 0.247. The molecular formula is C73H73O3P. The number of hydrogen-bond donors (Lipinski definition) is 0. The van der Waals surface area contributed by atoms with Crippen LogP contribution in [0.3, 0.4) is 0 Å². The largest absolute Gasteiger partial charge is 0.496 e. The van der Waals surface area contributed by atoms with E-state index < -0.39 is 7.92 Å². The zero-order chi connectivity index (χ0) is 53.9. The van der Waals surface area contributed by atoms with E-state index in [-0.39, 0.29) is 35.0 Å². The second kappa shape index (κ2) is 23.1. The van der Waals surface area contributed by atoms with Gasteiger partial charge in [-0.1, -0.05) is 251 Å². The normalized spacial score (nSPS) is 15.7. The van der Waals surface area contributed by atoms with Crippen LogP contribution in [-0.4, -0.2) is 20.0 Å². The summed E-state index contributed by atoms with van der Waals surface area (Å²) < 4.78 is 12.1. The fourth-order valence-corrected chi connectivity index (χ4v) is 15.7. The summed E-state index contributed by atoms with van der Waals surface area (Å²) >= 11 is 0. The Bertz CT molecular complexity index is 3230. The van der Waals surface area contributed by atoms with E-state index in [0.717, 1.165) is 33.8 Å². The smallest absolute Gasteiger partial charge is 0.134 e. The number of benzene rings is 9. The van der Waals surface area contributed by atoms with Crippen molar-refractivity contribution in [3.63, 3.8) is 0 Å². The standard InChI is InChI=1S/C73H73O3P/c1-46(2)63-40-56(59-26-17-19-30-67(59)75-9)41-64(47(3)4)71(63)61-28-21-29-62(72-65(48(5)6)42-57(43-66(72)49(7)8)60-27-18-20-31-68(60)76-10)73(61)77-69(54-36-32-52(33-37-54)50-22-13-11-14-23-50)44-58(74)45-70(77)55-38-34-53(35-39-55)51-24-15-12-16-25-51/h11-43,46-49,69-70H,44-45H2,1-10H3. The number of Topliss-reactive ketones (excluding diaryl/α,β-unsaturated/α-hetero) is 1. The molecule has 10 rings (SSSR count). The van der Waals surface area contributed by atoms with Gasteiger partial charge in [-0.2, -0.15) is 0 Å². The highest BCUT2D eigenvalue weighted by Crippen LogP contribution is 2.69. The molecule has 0 radical (unpaired) electrons. The van der Waals surface area contributed by atoms with Crippen molar-refractivity contribution < 1.29 is 14.3 Å². The minimum atomic E-state index is -1.20. The molecule has 1 aliphatic heterocycles. The van der Waals surface area contributed by atoms with Crippen LogP contribution in [0.15, 0.2) is 200 Å². The molecule has 0 amide bonds. The van der Waals surface area contributed by atoms with E-state index >= 15 is 0 Å². The molecule has 0 saturated carbocycles. The maximum atomic E-state index is 14.9. The molecule has 9 aromatic carbocycles. The second-order valence-corrected chi connectivity index (χ2v) is 24.7. The molecule has 2 atom stereocenters. The first-order valence-corrected chi connectivity index (χ1v) is 29.2. The van der Waals surface area contributed by atoms with Crippen molar-refractivity contribution in [3.8, 4) is 78.3 Å². The van der Waals surface area contributed by atoms with Crippen LogP contribution in [0.4, 0.5) is 0 Å². The molecule has 388 valence electrons. The van der Waals surface area contributed by atoms with Gasteiger partial charge in [-0.25, -0.2) is 0 Å². The van der Waals surface area contributed by atoms with Crippen molar-refractivity contribution in [1.29, 1.82) is 0 Å². The molecule has 0 aromatic heterocycles. The maximum absolute atomic E-state index is 14.9. The topological polar surface area (TPSA) is 35.5 Å². The van der Waals surface area contributed by atoms with Crippen LogP contribution in [0.25, 0.3) is 66.8 Å². The van der Waals surface area contributed by atoms with Gasteiger partial charge in [0, 0.05) is 35.3 Å². The van der Waals surface area contributed by atoms with Crippen molar-refractivity contribution in [2.75, 3.05) is 14.2 Å². The monoisotopic (exact) mass is 1030 g/mol. The van der Waals surface area contributed by atoms with Crippen molar-refractivity contribution in [3.05, 3.63) is 234 Å². The molecule has 1 aliphatic rings. The molecule has 9 aromatic rings. The molecule has 0 N–H and O–H groups in total. The number of ether oxygens (including phenoxy) is 2. The van der Waals surface area contributed by atoms with Crippen LogP contribution in [-0.2, 0) is 4.79 Å². The van der Waals surface area contributed by atoms with Gasteiger partial charge in [0.1, 0.15) is 17.3 Å². The van der Waals surface area contributed by atoms with Gasteiger partial charge in [-0.05, 0) is 130 Å². The molecule has 1 fully saturated rings. The molecule has 1 saturated heterocycles. The number of hydrogen-bond acceptors (Lipinski definition) is 3. The number of carbonyl (C=O) groups is 1. The lowest BCUT2D eigenvalue weighted by Gasteiger charge is -2.42. The molecule has 4 heteroatoms. The van der Waals surface area contributed by atoms with Crippen LogP contribution in [0.5, 0.6) is 11.5 Å². The third-order valence-electron chi connectivity index (χ3n) is 15.9. The number of rotatable bonds is 15. The third-order valence-corrected chi connectivity index (χ3v) is 19.2. The SMILES string of the molecule is COc1ccccc1-c1cc(C(C)C)c(-c2cccc(-c3c(C(C)C)cc(-c4ccccc4OC)cc3C(C)C)c2P2C(c3ccc(-c4ccccc4)cc3)CC(=O)CC2c2ccc(-c3ccccc3)cc2)c(C(C)C)c1. The van der Waals surface area contributed by atoms with Crippen molar-refractivity contribution in [1.82, 2.24) is 0 Å². The molecular weight excluding hydrogens is 956 g/mol. The zero-order valence-corrected chi connectivity index (χ0v) is 47.5. The van der Waals surface area contributed by atoms with Gasteiger partial charge in [0.2, 0.25) is 0 Å². The van der Waals surface area contributed by atoms with Gasteiger partial charge in [-0.15, -0.1) is 0 Å². The Morgan fingerprint density at radius 2 is 0.675 bits per heavy atom. The van der Waals surface area contributed by atoms with Gasteiger partial charge >= 0.3 is 0 Å². The second-order valence-electron chi connectivity index (χ2n) is 22.1. The highest BCUT2D eigenvalue weighted by atomic mass is 31.1. The fourth-order valence-electron chi connectivity index (χ4n) is 12.0. The highest BCUT2D eigenvalue weighted by molar-refractivity contribution is 7.67. The third kappa shape index (κ3) is 10.7. The predicted octanol–water partition coefficient (Wildman–Crippen LogP) is 20.2. The molecule has 2 unspecified atom stereocenters. The van der Waals surface area contributed by atoms with E-state index in [2.05, 4.69) is 256 Å². The number of carbonyl (C=O) groups excluding carboxylic acids is 1. The predicted molar refractivity (Wildman–Crippen MR) is 328 cm³/mol. The summed E-state index contributed by atoms with van der Waals surface area (Å²) in [6, 6.07) is 73.6. The van der Waals surface area contributed by atoms with Gasteiger partial charge in [-0.3, -0.25) is 4.79 Å². The Balaban J connectivity index is 1.33. The molecule has 0 spiro atoms. The van der Waals surface area contributed by atoms with Gasteiger partial charge < -0.3 is 9.47 Å². The van der Waals surface area contributed by atoms with E-state index in [1.807, 2.05) is 0 Å². The van der Waals surface area contributed by atoms with Crippen LogP contribution in [0.1, 0.15) is 137 Å². The van der Waals surface area contributed by atoms with E-state index in [1.165, 1.54) is 83.2 Å². The highest BCUT2D eigenvalue weighted by Gasteiger charge is 2.43. The summed E-state index contributed by atoms with van der Waals surface area (Å²) in [7, 11) is 2.34. The van der Waals surface area contributed by atoms with E-state index in [4.69, 9.17) is 9.47 Å². The lowest BCUT2D eigenvalue weighted by molar-refractivity contribution is -0.119. The summed E-state index contributed by atoms with van der Waals surface area (Å²) in [5.41, 5.74) is 21.9. The molecule has 1 heterocycles. The summed E-state index contributed by atoms with van der Waals surface area (Å²) in [4.78, 5) is 14.9. The van der Waals surface area contributed by atoms with E-state index in [0.29, 0.717) is 18.6 Å². The first-order valence-electron chi connectivity index (χ1n) is 27.7. The van der Waals surface area contributed by atoms with Crippen molar-refractivity contribution in [2.45, 2.75) is 103 Å². The van der Waals surface area contributed by atoms with Crippen LogP contribution in [0, 0.1) is 0 Å². The molecule has 77 heavy (non-hydrogen) atoms. The first kappa shape index (κ1) is 53.1. The average Bonchev–Trinajstić information content (AvgIpc) is 3.52. The Labute approximate surface area is 460 Å². The number of methoxy groups -OCH3 is 2. The minimum Gasteiger partial charge on any atom is -0.496 e. The van der Waals surface area contributed by atoms with Gasteiger partial charge in [0.15, 0.2) is 0 Å². The van der Waals surface area contributed by atoms with E-state index in [9.17, 15) is 4.79 Å². The lowest BCUT2D eigenvalue weighted by Crippen LogP contribution is -2.26. The van der Waals surface area contributed by atoms with Crippen LogP contribution >= 0.6 is 7.92 Å². The van der Waals surface area contributed by atoms with Crippen LogP contribution < -0.4 is 14.8 Å².